The molecule has 19 heavy (non-hydrogen) atoms. The minimum Gasteiger partial charge on any atom is -0.494 e. The first-order chi connectivity index (χ1) is 9.21. The van der Waals surface area contributed by atoms with Crippen molar-refractivity contribution < 1.29 is 4.74 Å². The van der Waals surface area contributed by atoms with Gasteiger partial charge in [0.25, 0.3) is 0 Å². The Balaban J connectivity index is 2.53. The summed E-state index contributed by atoms with van der Waals surface area (Å²) in [6.07, 6.45) is 1.94. The second-order valence-electron chi connectivity index (χ2n) is 4.92. The van der Waals surface area contributed by atoms with E-state index < -0.39 is 0 Å². The van der Waals surface area contributed by atoms with Crippen LogP contribution in [0.25, 0.3) is 11.0 Å². The highest BCUT2D eigenvalue weighted by molar-refractivity contribution is 6.17. The minimum atomic E-state index is 0.589. The molecule has 2 rings (SSSR count). The van der Waals surface area contributed by atoms with Gasteiger partial charge in [0.1, 0.15) is 17.1 Å². The van der Waals surface area contributed by atoms with Crippen LogP contribution in [0.15, 0.2) is 18.2 Å². The summed E-state index contributed by atoms with van der Waals surface area (Å²) in [5.74, 6) is 3.09. The highest BCUT2D eigenvalue weighted by Crippen LogP contribution is 2.27. The van der Waals surface area contributed by atoms with Gasteiger partial charge in [-0.25, -0.2) is 4.98 Å². The first-order valence-electron chi connectivity index (χ1n) is 6.79. The summed E-state index contributed by atoms with van der Waals surface area (Å²) in [7, 11) is 1.68. The van der Waals surface area contributed by atoms with Crippen molar-refractivity contribution >= 4 is 22.6 Å². The topological polar surface area (TPSA) is 27.1 Å². The number of hydrogen-bond acceptors (Lipinski definition) is 2. The number of fused-ring (bicyclic) bond motifs is 1. The molecule has 3 nitrogen and oxygen atoms in total. The first kappa shape index (κ1) is 14.2. The number of rotatable bonds is 6. The predicted molar refractivity (Wildman–Crippen MR) is 80.2 cm³/mol. The van der Waals surface area contributed by atoms with E-state index in [0.717, 1.165) is 42.0 Å². The monoisotopic (exact) mass is 280 g/mol. The van der Waals surface area contributed by atoms with Crippen molar-refractivity contribution in [3.63, 3.8) is 0 Å². The Bertz CT molecular complexity index is 550. The fourth-order valence-electron chi connectivity index (χ4n) is 2.25. The Hall–Kier alpha value is -1.22. The molecule has 0 spiro atoms. The average molecular weight is 281 g/mol. The van der Waals surface area contributed by atoms with Crippen molar-refractivity contribution in [2.75, 3.05) is 13.0 Å². The number of ether oxygens (including phenoxy) is 1. The molecule has 2 aromatic rings. The van der Waals surface area contributed by atoms with Gasteiger partial charge in [-0.15, -0.1) is 11.6 Å². The molecular weight excluding hydrogens is 260 g/mol. The number of para-hydroxylation sites is 1. The molecular formula is C15H21ClN2O. The summed E-state index contributed by atoms with van der Waals surface area (Å²) < 4.78 is 7.68. The molecule has 0 N–H and O–H groups in total. The van der Waals surface area contributed by atoms with Gasteiger partial charge < -0.3 is 9.30 Å². The summed E-state index contributed by atoms with van der Waals surface area (Å²) in [5.41, 5.74) is 2.08. The lowest BCUT2D eigenvalue weighted by Gasteiger charge is -2.13. The molecule has 0 saturated heterocycles. The SMILES string of the molecule is CCC(C)Cn1c(CCCl)nc2c(OC)cccc21. The molecule has 0 aliphatic carbocycles. The average Bonchev–Trinajstić information content (AvgIpc) is 2.77. The fraction of sp³-hybridized carbons (Fsp3) is 0.533. The van der Waals surface area contributed by atoms with Crippen LogP contribution in [-0.2, 0) is 13.0 Å². The Kier molecular flexibility index (Phi) is 4.70. The Labute approximate surface area is 119 Å². The van der Waals surface area contributed by atoms with E-state index in [1.807, 2.05) is 12.1 Å². The molecule has 0 saturated carbocycles. The zero-order valence-electron chi connectivity index (χ0n) is 11.8. The van der Waals surface area contributed by atoms with E-state index in [9.17, 15) is 0 Å². The summed E-state index contributed by atoms with van der Waals surface area (Å²) in [6, 6.07) is 6.07. The first-order valence-corrected chi connectivity index (χ1v) is 7.32. The van der Waals surface area contributed by atoms with Gasteiger partial charge in [-0.3, -0.25) is 0 Å². The Morgan fingerprint density at radius 1 is 1.42 bits per heavy atom. The van der Waals surface area contributed by atoms with Gasteiger partial charge in [0.05, 0.1) is 12.6 Å². The quantitative estimate of drug-likeness (QED) is 0.751. The fourth-order valence-corrected chi connectivity index (χ4v) is 2.42. The van der Waals surface area contributed by atoms with Crippen LogP contribution in [0.4, 0.5) is 0 Å². The molecule has 1 heterocycles. The van der Waals surface area contributed by atoms with E-state index in [1.54, 1.807) is 7.11 Å². The van der Waals surface area contributed by atoms with Crippen LogP contribution < -0.4 is 4.74 Å². The number of hydrogen-bond donors (Lipinski definition) is 0. The molecule has 0 fully saturated rings. The normalized spacial score (nSPS) is 12.8. The van der Waals surface area contributed by atoms with Crippen LogP contribution in [0.3, 0.4) is 0 Å². The van der Waals surface area contributed by atoms with Gasteiger partial charge in [-0.2, -0.15) is 0 Å². The number of benzene rings is 1. The van der Waals surface area contributed by atoms with Crippen molar-refractivity contribution in [2.24, 2.45) is 5.92 Å². The number of aromatic nitrogens is 2. The van der Waals surface area contributed by atoms with E-state index in [0.29, 0.717) is 11.8 Å². The largest absolute Gasteiger partial charge is 0.494 e. The predicted octanol–water partition coefficient (Wildman–Crippen LogP) is 3.87. The molecule has 1 atom stereocenters. The van der Waals surface area contributed by atoms with Crippen molar-refractivity contribution in [3.8, 4) is 5.75 Å². The van der Waals surface area contributed by atoms with Crippen molar-refractivity contribution in [1.82, 2.24) is 9.55 Å². The number of alkyl halides is 1. The zero-order chi connectivity index (χ0) is 13.8. The third-order valence-corrected chi connectivity index (χ3v) is 3.74. The molecule has 0 amide bonds. The summed E-state index contributed by atoms with van der Waals surface area (Å²) >= 11 is 5.90. The van der Waals surface area contributed by atoms with Crippen LogP contribution in [0.1, 0.15) is 26.1 Å². The minimum absolute atomic E-state index is 0.589. The summed E-state index contributed by atoms with van der Waals surface area (Å²) in [4.78, 5) is 4.71. The molecule has 1 aromatic heterocycles. The lowest BCUT2D eigenvalue weighted by Crippen LogP contribution is -2.10. The molecule has 0 aliphatic heterocycles. The van der Waals surface area contributed by atoms with Crippen LogP contribution in [0, 0.1) is 5.92 Å². The summed E-state index contributed by atoms with van der Waals surface area (Å²) in [6.45, 7) is 5.45. The molecule has 4 heteroatoms. The second kappa shape index (κ2) is 6.29. The van der Waals surface area contributed by atoms with Gasteiger partial charge in [0.15, 0.2) is 0 Å². The second-order valence-corrected chi connectivity index (χ2v) is 5.30. The van der Waals surface area contributed by atoms with Crippen LogP contribution in [0.5, 0.6) is 5.75 Å². The summed E-state index contributed by atoms with van der Waals surface area (Å²) in [5, 5.41) is 0. The molecule has 1 aromatic carbocycles. The maximum Gasteiger partial charge on any atom is 0.146 e. The molecule has 0 aliphatic rings. The van der Waals surface area contributed by atoms with Crippen molar-refractivity contribution in [3.05, 3.63) is 24.0 Å². The number of nitrogens with zero attached hydrogens (tertiary/aromatic N) is 2. The van der Waals surface area contributed by atoms with Gasteiger partial charge in [0.2, 0.25) is 0 Å². The highest BCUT2D eigenvalue weighted by atomic mass is 35.5. The Morgan fingerprint density at radius 2 is 2.21 bits per heavy atom. The molecule has 104 valence electrons. The van der Waals surface area contributed by atoms with Crippen LogP contribution in [-0.4, -0.2) is 22.5 Å². The van der Waals surface area contributed by atoms with Gasteiger partial charge in [-0.05, 0) is 18.1 Å². The van der Waals surface area contributed by atoms with Crippen LogP contribution in [0.2, 0.25) is 0 Å². The molecule has 0 bridgehead atoms. The van der Waals surface area contributed by atoms with Crippen LogP contribution >= 0.6 is 11.6 Å². The van der Waals surface area contributed by atoms with E-state index in [4.69, 9.17) is 21.3 Å². The van der Waals surface area contributed by atoms with Gasteiger partial charge in [0, 0.05) is 18.8 Å². The third kappa shape index (κ3) is 2.86. The van der Waals surface area contributed by atoms with E-state index in [1.165, 1.54) is 0 Å². The van der Waals surface area contributed by atoms with E-state index in [2.05, 4.69) is 24.5 Å². The maximum absolute atomic E-state index is 5.90. The number of methoxy groups -OCH3 is 1. The lowest BCUT2D eigenvalue weighted by molar-refractivity contribution is 0.419. The van der Waals surface area contributed by atoms with Crippen molar-refractivity contribution in [2.45, 2.75) is 33.2 Å². The Morgan fingerprint density at radius 3 is 2.84 bits per heavy atom. The molecule has 0 radical (unpaired) electrons. The van der Waals surface area contributed by atoms with E-state index >= 15 is 0 Å². The van der Waals surface area contributed by atoms with Gasteiger partial charge >= 0.3 is 0 Å². The standard InChI is InChI=1S/C15H21ClN2O/c1-4-11(2)10-18-12-6-5-7-13(19-3)15(12)17-14(18)8-9-16/h5-7,11H,4,8-10H2,1-3H3. The highest BCUT2D eigenvalue weighted by Gasteiger charge is 2.15. The van der Waals surface area contributed by atoms with Crippen molar-refractivity contribution in [1.29, 1.82) is 0 Å². The smallest absolute Gasteiger partial charge is 0.146 e. The lowest BCUT2D eigenvalue weighted by atomic mass is 10.1. The zero-order valence-corrected chi connectivity index (χ0v) is 12.6. The third-order valence-electron chi connectivity index (χ3n) is 3.55. The maximum atomic E-state index is 5.90. The van der Waals surface area contributed by atoms with E-state index in [-0.39, 0.29) is 0 Å². The molecule has 1 unspecified atom stereocenters. The van der Waals surface area contributed by atoms with Gasteiger partial charge in [-0.1, -0.05) is 26.3 Å². The number of imidazole rings is 1. The number of halogens is 1. The number of aryl methyl sites for hydroxylation is 1.